The summed E-state index contributed by atoms with van der Waals surface area (Å²) in [5, 5.41) is 3.52. The third-order valence-corrected chi connectivity index (χ3v) is 6.45. The average Bonchev–Trinajstić information content (AvgIpc) is 2.87. The van der Waals surface area contributed by atoms with Crippen molar-refractivity contribution in [3.05, 3.63) is 87.1 Å². The summed E-state index contributed by atoms with van der Waals surface area (Å²) in [5.41, 5.74) is 2.95. The summed E-state index contributed by atoms with van der Waals surface area (Å²) >= 11 is 0. The molecule has 1 atom stereocenters. The molecule has 2 amide bonds. The molecule has 176 valence electrons. The number of amides is 2. The van der Waals surface area contributed by atoms with Gasteiger partial charge in [-0.05, 0) is 49.9 Å². The van der Waals surface area contributed by atoms with E-state index in [9.17, 15) is 9.59 Å². The Bertz CT molecular complexity index is 1310. The van der Waals surface area contributed by atoms with E-state index in [0.29, 0.717) is 34.8 Å². The first-order valence-corrected chi connectivity index (χ1v) is 11.7. The number of carbonyl (C=O) groups is 1. The van der Waals surface area contributed by atoms with Gasteiger partial charge in [-0.2, -0.15) is 0 Å². The topological polar surface area (TPSA) is 81.0 Å². The fourth-order valence-corrected chi connectivity index (χ4v) is 4.65. The molecular formula is C27H28N2O5. The molecule has 0 radical (unpaired) electrons. The summed E-state index contributed by atoms with van der Waals surface area (Å²) in [4.78, 5) is 27.3. The lowest BCUT2D eigenvalue weighted by atomic mass is 9.96. The van der Waals surface area contributed by atoms with E-state index in [-0.39, 0.29) is 18.1 Å². The van der Waals surface area contributed by atoms with Crippen LogP contribution in [0, 0.1) is 0 Å². The molecule has 0 saturated carbocycles. The lowest BCUT2D eigenvalue weighted by Gasteiger charge is -2.34. The number of nitrogens with zero attached hydrogens (tertiary/aromatic N) is 1. The molecule has 3 aromatic rings. The van der Waals surface area contributed by atoms with E-state index in [0.717, 1.165) is 42.6 Å². The van der Waals surface area contributed by atoms with Gasteiger partial charge in [0.1, 0.15) is 41.2 Å². The molecule has 1 unspecified atom stereocenters. The molecule has 7 nitrogen and oxygen atoms in total. The van der Waals surface area contributed by atoms with Crippen molar-refractivity contribution in [1.82, 2.24) is 10.2 Å². The van der Waals surface area contributed by atoms with Crippen molar-refractivity contribution in [1.29, 1.82) is 0 Å². The monoisotopic (exact) mass is 460 g/mol. The Morgan fingerprint density at radius 3 is 2.65 bits per heavy atom. The highest BCUT2D eigenvalue weighted by Gasteiger charge is 2.33. The smallest absolute Gasteiger partial charge is 0.322 e. The predicted octanol–water partition coefficient (Wildman–Crippen LogP) is 4.70. The minimum Gasteiger partial charge on any atom is -0.494 e. The van der Waals surface area contributed by atoms with Crippen molar-refractivity contribution < 1.29 is 18.7 Å². The van der Waals surface area contributed by atoms with E-state index in [2.05, 4.69) is 5.32 Å². The minimum atomic E-state index is -0.404. The number of urea groups is 1. The molecule has 0 fully saturated rings. The van der Waals surface area contributed by atoms with Crippen LogP contribution in [0.3, 0.4) is 0 Å². The van der Waals surface area contributed by atoms with Crippen molar-refractivity contribution in [2.45, 2.75) is 38.6 Å². The maximum atomic E-state index is 13.1. The first-order chi connectivity index (χ1) is 16.6. The molecule has 1 aliphatic carbocycles. The van der Waals surface area contributed by atoms with Gasteiger partial charge in [-0.25, -0.2) is 4.79 Å². The molecule has 2 aromatic carbocycles. The fourth-order valence-electron chi connectivity index (χ4n) is 4.65. The summed E-state index contributed by atoms with van der Waals surface area (Å²) in [6.45, 7) is 2.48. The van der Waals surface area contributed by atoms with Gasteiger partial charge in [0.25, 0.3) is 0 Å². The highest BCUT2D eigenvalue weighted by molar-refractivity contribution is 5.80. The molecular weight excluding hydrogens is 432 g/mol. The van der Waals surface area contributed by atoms with Gasteiger partial charge in [0.15, 0.2) is 5.43 Å². The molecule has 7 heteroatoms. The van der Waals surface area contributed by atoms with Crippen molar-refractivity contribution in [3.8, 4) is 5.75 Å². The highest BCUT2D eigenvalue weighted by atomic mass is 16.5. The Kier molecular flexibility index (Phi) is 6.01. The summed E-state index contributed by atoms with van der Waals surface area (Å²) in [6.07, 6.45) is 3.62. The van der Waals surface area contributed by atoms with Gasteiger partial charge in [-0.1, -0.05) is 30.3 Å². The molecule has 0 bridgehead atoms. The number of ether oxygens (including phenoxy) is 2. The second kappa shape index (κ2) is 9.25. The van der Waals surface area contributed by atoms with E-state index in [1.165, 1.54) is 4.90 Å². The Morgan fingerprint density at radius 1 is 1.06 bits per heavy atom. The average molecular weight is 461 g/mol. The number of benzene rings is 2. The van der Waals surface area contributed by atoms with Crippen LogP contribution < -0.4 is 15.5 Å². The molecule has 2 heterocycles. The first kappa shape index (κ1) is 22.1. The Labute approximate surface area is 198 Å². The predicted molar refractivity (Wildman–Crippen MR) is 129 cm³/mol. The lowest BCUT2D eigenvalue weighted by molar-refractivity contribution is 0.149. The molecule has 5 rings (SSSR count). The summed E-state index contributed by atoms with van der Waals surface area (Å²) in [6, 6.07) is 14.4. The molecule has 1 aromatic heterocycles. The van der Waals surface area contributed by atoms with E-state index in [1.807, 2.05) is 37.3 Å². The largest absolute Gasteiger partial charge is 0.494 e. The van der Waals surface area contributed by atoms with Gasteiger partial charge < -0.3 is 19.2 Å². The number of aryl methyl sites for hydroxylation is 1. The molecule has 1 aliphatic heterocycles. The number of nitrogens with one attached hydrogen (secondary N) is 1. The van der Waals surface area contributed by atoms with Gasteiger partial charge in [0, 0.05) is 19.0 Å². The second-order valence-electron chi connectivity index (χ2n) is 8.58. The number of rotatable bonds is 6. The van der Waals surface area contributed by atoms with Crippen molar-refractivity contribution in [3.63, 3.8) is 0 Å². The van der Waals surface area contributed by atoms with Crippen LogP contribution in [0.25, 0.3) is 11.0 Å². The quantitative estimate of drug-likeness (QED) is 0.577. The first-order valence-electron chi connectivity index (χ1n) is 11.7. The van der Waals surface area contributed by atoms with E-state index in [1.54, 1.807) is 25.2 Å². The molecule has 1 N–H and O–H groups in total. The number of carbonyl (C=O) groups excluding carboxylic acids is 1. The number of fused-ring (bicyclic) bond motifs is 2. The molecule has 34 heavy (non-hydrogen) atoms. The number of likely N-dealkylation sites (N-methyl/N-ethyl adjacent to an activating group) is 1. The summed E-state index contributed by atoms with van der Waals surface area (Å²) in [7, 11) is 1.69. The Hall–Kier alpha value is -3.74. The van der Waals surface area contributed by atoms with Crippen LogP contribution in [0.4, 0.5) is 4.79 Å². The van der Waals surface area contributed by atoms with E-state index >= 15 is 0 Å². The van der Waals surface area contributed by atoms with Gasteiger partial charge in [0.2, 0.25) is 0 Å². The lowest BCUT2D eigenvalue weighted by Crippen LogP contribution is -2.46. The van der Waals surface area contributed by atoms with E-state index < -0.39 is 6.04 Å². The zero-order valence-corrected chi connectivity index (χ0v) is 19.4. The summed E-state index contributed by atoms with van der Waals surface area (Å²) in [5.74, 6) is 1.99. The zero-order chi connectivity index (χ0) is 23.7. The van der Waals surface area contributed by atoms with Crippen LogP contribution in [0.15, 0.2) is 69.2 Å². The van der Waals surface area contributed by atoms with Gasteiger partial charge in [-0.3, -0.25) is 9.69 Å². The van der Waals surface area contributed by atoms with Crippen molar-refractivity contribution in [2.75, 3.05) is 20.3 Å². The highest BCUT2D eigenvalue weighted by Crippen LogP contribution is 2.31. The standard InChI is InChI=1S/C27H28N2O5/c1-3-32-26-21(29(2)27(31)28-24(26)17-9-5-4-6-10-17)16-33-18-13-14-23-20(15-18)25(30)19-11-7-8-12-22(19)34-23/h4-6,9-10,13-15,24H,3,7-8,11-12,16H2,1-2H3,(H,28,31). The number of hydrogen-bond acceptors (Lipinski definition) is 5. The third-order valence-electron chi connectivity index (χ3n) is 6.45. The van der Waals surface area contributed by atoms with Crippen LogP contribution in [0.2, 0.25) is 0 Å². The second-order valence-corrected chi connectivity index (χ2v) is 8.58. The maximum absolute atomic E-state index is 13.1. The van der Waals surface area contributed by atoms with Gasteiger partial charge in [0.05, 0.1) is 12.0 Å². The molecule has 2 aliphatic rings. The van der Waals surface area contributed by atoms with Crippen LogP contribution in [-0.2, 0) is 17.6 Å². The fraction of sp³-hybridized carbons (Fsp3) is 0.333. The van der Waals surface area contributed by atoms with E-state index in [4.69, 9.17) is 13.9 Å². The normalized spacial score (nSPS) is 18.0. The van der Waals surface area contributed by atoms with Gasteiger partial charge in [-0.15, -0.1) is 0 Å². The number of hydrogen-bond donors (Lipinski definition) is 1. The SMILES string of the molecule is CCOC1=C(COc2ccc3oc4c(c(=O)c3c2)CCCC4)N(C)C(=O)NC1c1ccccc1. The minimum absolute atomic E-state index is 0.0222. The van der Waals surface area contributed by atoms with Crippen LogP contribution in [-0.4, -0.2) is 31.2 Å². The van der Waals surface area contributed by atoms with Crippen molar-refractivity contribution >= 4 is 17.0 Å². The summed E-state index contributed by atoms with van der Waals surface area (Å²) < 4.78 is 18.1. The Balaban J connectivity index is 1.47. The van der Waals surface area contributed by atoms with Crippen LogP contribution >= 0.6 is 0 Å². The molecule has 0 saturated heterocycles. The van der Waals surface area contributed by atoms with Gasteiger partial charge >= 0.3 is 6.03 Å². The van der Waals surface area contributed by atoms with Crippen molar-refractivity contribution in [2.24, 2.45) is 0 Å². The van der Waals surface area contributed by atoms with Crippen LogP contribution in [0.5, 0.6) is 5.75 Å². The third kappa shape index (κ3) is 4.02. The zero-order valence-electron chi connectivity index (χ0n) is 19.4. The molecule has 0 spiro atoms. The maximum Gasteiger partial charge on any atom is 0.322 e. The Morgan fingerprint density at radius 2 is 1.85 bits per heavy atom. The van der Waals surface area contributed by atoms with Crippen LogP contribution in [0.1, 0.15) is 42.7 Å².